The minimum atomic E-state index is 0.759. The van der Waals surface area contributed by atoms with E-state index < -0.39 is 0 Å². The van der Waals surface area contributed by atoms with Crippen LogP contribution >= 0.6 is 0 Å². The summed E-state index contributed by atoms with van der Waals surface area (Å²) in [6.07, 6.45) is 13.8. The van der Waals surface area contributed by atoms with Crippen LogP contribution in [0.5, 0.6) is 0 Å². The van der Waals surface area contributed by atoms with E-state index in [1.807, 2.05) is 0 Å². The van der Waals surface area contributed by atoms with E-state index in [2.05, 4.69) is 24.3 Å². The third kappa shape index (κ3) is 0.416. The molecule has 1 fully saturated rings. The van der Waals surface area contributed by atoms with E-state index in [-0.39, 0.29) is 0 Å². The first-order valence-electron chi connectivity index (χ1n) is 4.25. The second-order valence-electron chi connectivity index (χ2n) is 3.95. The van der Waals surface area contributed by atoms with Crippen molar-refractivity contribution >= 4 is 0 Å². The molecule has 0 amide bonds. The molecule has 0 nitrogen and oxygen atoms in total. The first kappa shape index (κ1) is 5.17. The highest BCUT2D eigenvalue weighted by Crippen LogP contribution is 2.67. The topological polar surface area (TPSA) is 0 Å². The molecule has 0 aliphatic heterocycles. The van der Waals surface area contributed by atoms with Crippen molar-refractivity contribution < 1.29 is 0 Å². The highest BCUT2D eigenvalue weighted by atomic mass is 14.6. The Hall–Kier alpha value is -0.520. The fourth-order valence-electron chi connectivity index (χ4n) is 2.74. The minimum Gasteiger partial charge on any atom is -0.0879 e. The predicted octanol–water partition coefficient (Wildman–Crippen LogP) is 2.53. The Labute approximate surface area is 61.6 Å². The van der Waals surface area contributed by atoms with Crippen molar-refractivity contribution in [1.82, 2.24) is 0 Å². The van der Waals surface area contributed by atoms with Crippen LogP contribution in [0, 0.1) is 17.3 Å². The van der Waals surface area contributed by atoms with Crippen molar-refractivity contribution in [3.8, 4) is 0 Å². The molecule has 0 saturated heterocycles. The smallest absolute Gasteiger partial charge is 0.0128 e. The lowest BCUT2D eigenvalue weighted by Crippen LogP contribution is -2.14. The van der Waals surface area contributed by atoms with Crippen LogP contribution in [-0.4, -0.2) is 0 Å². The van der Waals surface area contributed by atoms with Gasteiger partial charge in [-0.2, -0.15) is 0 Å². The molecule has 0 radical (unpaired) electrons. The summed E-state index contributed by atoms with van der Waals surface area (Å²) in [5, 5.41) is 0. The van der Waals surface area contributed by atoms with Gasteiger partial charge in [0.05, 0.1) is 0 Å². The van der Waals surface area contributed by atoms with E-state index in [1.54, 1.807) is 0 Å². The average molecular weight is 132 g/mol. The van der Waals surface area contributed by atoms with Crippen molar-refractivity contribution in [1.29, 1.82) is 0 Å². The monoisotopic (exact) mass is 132 g/mol. The first-order valence-corrected chi connectivity index (χ1v) is 4.25. The van der Waals surface area contributed by atoms with Crippen LogP contribution in [0.15, 0.2) is 24.3 Å². The van der Waals surface area contributed by atoms with E-state index in [4.69, 9.17) is 0 Å². The summed E-state index contributed by atoms with van der Waals surface area (Å²) in [6, 6.07) is 0. The highest BCUT2D eigenvalue weighted by molar-refractivity contribution is 5.28. The van der Waals surface area contributed by atoms with Gasteiger partial charge in [-0.25, -0.2) is 0 Å². The Bertz CT molecular complexity index is 224. The zero-order valence-corrected chi connectivity index (χ0v) is 6.09. The molecule has 0 aromatic heterocycles. The molecule has 0 heteroatoms. The van der Waals surface area contributed by atoms with Crippen molar-refractivity contribution in [3.63, 3.8) is 0 Å². The van der Waals surface area contributed by atoms with Crippen LogP contribution < -0.4 is 0 Å². The maximum atomic E-state index is 2.44. The Balaban J connectivity index is 2.03. The summed E-state index contributed by atoms with van der Waals surface area (Å²) in [5.74, 6) is 1.89. The number of hydrogen-bond acceptors (Lipinski definition) is 0. The lowest BCUT2D eigenvalue weighted by molar-refractivity contribution is 0.360. The summed E-state index contributed by atoms with van der Waals surface area (Å²) in [6.45, 7) is 0. The van der Waals surface area contributed by atoms with E-state index in [0.717, 1.165) is 17.3 Å². The quantitative estimate of drug-likeness (QED) is 0.444. The van der Waals surface area contributed by atoms with Gasteiger partial charge in [-0.3, -0.25) is 0 Å². The molecule has 0 aromatic rings. The lowest BCUT2D eigenvalue weighted by Gasteiger charge is -2.23. The van der Waals surface area contributed by atoms with Crippen LogP contribution in [0.25, 0.3) is 0 Å². The molecule has 1 spiro atoms. The second kappa shape index (κ2) is 1.39. The van der Waals surface area contributed by atoms with Gasteiger partial charge in [0.1, 0.15) is 0 Å². The van der Waals surface area contributed by atoms with Gasteiger partial charge >= 0.3 is 0 Å². The zero-order valence-electron chi connectivity index (χ0n) is 6.09. The molecule has 10 heavy (non-hydrogen) atoms. The summed E-state index contributed by atoms with van der Waals surface area (Å²) in [5.41, 5.74) is 0.759. The molecular weight excluding hydrogens is 120 g/mol. The molecule has 1 saturated carbocycles. The van der Waals surface area contributed by atoms with Gasteiger partial charge in [-0.15, -0.1) is 0 Å². The van der Waals surface area contributed by atoms with Gasteiger partial charge in [0, 0.05) is 0 Å². The fourth-order valence-corrected chi connectivity index (χ4v) is 2.74. The van der Waals surface area contributed by atoms with Gasteiger partial charge in [-0.05, 0) is 36.5 Å². The van der Waals surface area contributed by atoms with Crippen molar-refractivity contribution in [2.24, 2.45) is 17.3 Å². The third-order valence-corrected chi connectivity index (χ3v) is 3.55. The van der Waals surface area contributed by atoms with Crippen LogP contribution in [0.2, 0.25) is 0 Å². The molecule has 0 aromatic carbocycles. The Morgan fingerprint density at radius 2 is 2.00 bits per heavy atom. The maximum Gasteiger partial charge on any atom is -0.0128 e. The molecular formula is C10H12. The van der Waals surface area contributed by atoms with Gasteiger partial charge in [0.2, 0.25) is 0 Å². The van der Waals surface area contributed by atoms with Gasteiger partial charge in [-0.1, -0.05) is 24.3 Å². The van der Waals surface area contributed by atoms with Crippen molar-refractivity contribution in [2.75, 3.05) is 0 Å². The summed E-state index contributed by atoms with van der Waals surface area (Å²) >= 11 is 0. The average Bonchev–Trinajstić information content (AvgIpc) is 2.55. The van der Waals surface area contributed by atoms with Gasteiger partial charge < -0.3 is 0 Å². The standard InChI is InChI=1S/C10H12/c1-2-6-10-7-9(10)5-4-8(10)3-1/h1-2,4-5,8-9H,3,6-7H2. The molecule has 3 aliphatic carbocycles. The van der Waals surface area contributed by atoms with Crippen LogP contribution in [0.4, 0.5) is 0 Å². The lowest BCUT2D eigenvalue weighted by atomic mass is 9.81. The molecule has 0 bridgehead atoms. The van der Waals surface area contributed by atoms with Crippen molar-refractivity contribution in [3.05, 3.63) is 24.3 Å². The van der Waals surface area contributed by atoms with E-state index >= 15 is 0 Å². The van der Waals surface area contributed by atoms with Gasteiger partial charge in [0.15, 0.2) is 0 Å². The molecule has 3 rings (SSSR count). The number of rotatable bonds is 0. The first-order chi connectivity index (χ1) is 4.92. The van der Waals surface area contributed by atoms with E-state index in [9.17, 15) is 0 Å². The summed E-state index contributed by atoms with van der Waals surface area (Å²) in [7, 11) is 0. The third-order valence-electron chi connectivity index (χ3n) is 3.55. The Morgan fingerprint density at radius 3 is 2.80 bits per heavy atom. The molecule has 0 N–H and O–H groups in total. The summed E-state index contributed by atoms with van der Waals surface area (Å²) in [4.78, 5) is 0. The number of hydrogen-bond donors (Lipinski definition) is 0. The SMILES string of the molecule is C1=CCC23CC2C=CC3C1. The van der Waals surface area contributed by atoms with Crippen molar-refractivity contribution in [2.45, 2.75) is 19.3 Å². The molecule has 0 heterocycles. The number of allylic oxidation sites excluding steroid dienone is 4. The Kier molecular flexibility index (Phi) is 0.719. The normalized spacial score (nSPS) is 54.4. The highest BCUT2D eigenvalue weighted by Gasteiger charge is 2.59. The maximum absolute atomic E-state index is 2.44. The second-order valence-corrected chi connectivity index (χ2v) is 3.95. The molecule has 3 unspecified atom stereocenters. The van der Waals surface area contributed by atoms with E-state index in [0.29, 0.717) is 0 Å². The van der Waals surface area contributed by atoms with Crippen LogP contribution in [-0.2, 0) is 0 Å². The van der Waals surface area contributed by atoms with Gasteiger partial charge in [0.25, 0.3) is 0 Å². The van der Waals surface area contributed by atoms with Crippen LogP contribution in [0.3, 0.4) is 0 Å². The van der Waals surface area contributed by atoms with Crippen LogP contribution in [0.1, 0.15) is 19.3 Å². The summed E-state index contributed by atoms with van der Waals surface area (Å²) < 4.78 is 0. The molecule has 3 atom stereocenters. The zero-order chi connectivity index (χ0) is 6.60. The predicted molar refractivity (Wildman–Crippen MR) is 41.5 cm³/mol. The Morgan fingerprint density at radius 1 is 1.10 bits per heavy atom. The minimum absolute atomic E-state index is 0.759. The largest absolute Gasteiger partial charge is 0.0879 e. The fraction of sp³-hybridized carbons (Fsp3) is 0.600. The molecule has 3 aliphatic rings. The van der Waals surface area contributed by atoms with E-state index in [1.165, 1.54) is 19.3 Å². The molecule has 52 valence electrons.